The summed E-state index contributed by atoms with van der Waals surface area (Å²) in [6.07, 6.45) is 0.852. The first kappa shape index (κ1) is 7.48. The summed E-state index contributed by atoms with van der Waals surface area (Å²) < 4.78 is 0. The van der Waals surface area contributed by atoms with Crippen molar-refractivity contribution in [3.05, 3.63) is 0 Å². The van der Waals surface area contributed by atoms with Crippen LogP contribution < -0.4 is 5.48 Å². The lowest BCUT2D eigenvalue weighted by Crippen LogP contribution is -2.11. The van der Waals surface area contributed by atoms with Crippen LogP contribution in [0.3, 0.4) is 0 Å². The number of hydrogen-bond donors (Lipinski definition) is 1. The Labute approximate surface area is 50.2 Å². The zero-order valence-corrected chi connectivity index (χ0v) is 5.32. The molecule has 1 N–H and O–H groups in total. The predicted molar refractivity (Wildman–Crippen MR) is 33.1 cm³/mol. The third kappa shape index (κ3) is 5.48. The minimum absolute atomic E-state index is 0.803. The first-order valence-corrected chi connectivity index (χ1v) is 2.57. The fraction of sp³-hybridized carbons (Fsp3) is 0.667. The van der Waals surface area contributed by atoms with Gasteiger partial charge in [0.25, 0.3) is 0 Å². The Bertz CT molecular complexity index is 90.4. The monoisotopic (exact) mass is 113 g/mol. The molecule has 0 spiro atoms. The molecule has 0 radical (unpaired) electrons. The molecule has 2 heteroatoms. The van der Waals surface area contributed by atoms with Gasteiger partial charge in [0.2, 0.25) is 0 Å². The van der Waals surface area contributed by atoms with Gasteiger partial charge in [-0.25, -0.2) is 5.48 Å². The SMILES string of the molecule is CC#CCCNOC. The molecule has 0 aromatic carbocycles. The molecule has 0 aromatic rings. The van der Waals surface area contributed by atoms with Crippen LogP contribution >= 0.6 is 0 Å². The summed E-state index contributed by atoms with van der Waals surface area (Å²) in [5, 5.41) is 0. The highest BCUT2D eigenvalue weighted by atomic mass is 16.6. The van der Waals surface area contributed by atoms with Crippen molar-refractivity contribution in [2.45, 2.75) is 13.3 Å². The number of hydroxylamine groups is 1. The molecular formula is C6H11NO. The van der Waals surface area contributed by atoms with Crippen LogP contribution in [-0.4, -0.2) is 13.7 Å². The van der Waals surface area contributed by atoms with Crippen LogP contribution in [-0.2, 0) is 4.84 Å². The van der Waals surface area contributed by atoms with Gasteiger partial charge in [-0.3, -0.25) is 0 Å². The van der Waals surface area contributed by atoms with E-state index in [0.29, 0.717) is 0 Å². The molecular weight excluding hydrogens is 102 g/mol. The van der Waals surface area contributed by atoms with Gasteiger partial charge in [0.15, 0.2) is 0 Å². The Balaban J connectivity index is 2.79. The third-order valence-electron chi connectivity index (χ3n) is 0.673. The predicted octanol–water partition coefficient (Wildman–Crippen LogP) is 0.551. The van der Waals surface area contributed by atoms with E-state index in [0.717, 1.165) is 13.0 Å². The van der Waals surface area contributed by atoms with Crippen molar-refractivity contribution in [2.24, 2.45) is 0 Å². The lowest BCUT2D eigenvalue weighted by Gasteiger charge is -1.93. The average molecular weight is 113 g/mol. The summed E-state index contributed by atoms with van der Waals surface area (Å²) in [6.45, 7) is 2.63. The molecule has 0 aliphatic rings. The molecule has 8 heavy (non-hydrogen) atoms. The first-order chi connectivity index (χ1) is 3.91. The van der Waals surface area contributed by atoms with E-state index in [2.05, 4.69) is 22.2 Å². The van der Waals surface area contributed by atoms with Gasteiger partial charge in [-0.05, 0) is 6.92 Å². The van der Waals surface area contributed by atoms with E-state index in [-0.39, 0.29) is 0 Å². The summed E-state index contributed by atoms with van der Waals surface area (Å²) in [4.78, 5) is 4.57. The van der Waals surface area contributed by atoms with Gasteiger partial charge in [-0.2, -0.15) is 0 Å². The molecule has 0 saturated heterocycles. The highest BCUT2D eigenvalue weighted by molar-refractivity contribution is 4.94. The molecule has 0 heterocycles. The van der Waals surface area contributed by atoms with Crippen molar-refractivity contribution < 1.29 is 4.84 Å². The molecule has 0 amide bonds. The van der Waals surface area contributed by atoms with Crippen LogP contribution in [0.4, 0.5) is 0 Å². The van der Waals surface area contributed by atoms with Crippen LogP contribution in [0.1, 0.15) is 13.3 Å². The fourth-order valence-corrected chi connectivity index (χ4v) is 0.341. The van der Waals surface area contributed by atoms with Crippen LogP contribution in [0.5, 0.6) is 0 Å². The summed E-state index contributed by atoms with van der Waals surface area (Å²) >= 11 is 0. The summed E-state index contributed by atoms with van der Waals surface area (Å²) in [5.41, 5.74) is 2.68. The lowest BCUT2D eigenvalue weighted by atomic mass is 10.4. The Morgan fingerprint density at radius 1 is 1.62 bits per heavy atom. The maximum Gasteiger partial charge on any atom is 0.0572 e. The van der Waals surface area contributed by atoms with Crippen molar-refractivity contribution in [2.75, 3.05) is 13.7 Å². The molecule has 0 fully saturated rings. The highest BCUT2D eigenvalue weighted by Gasteiger charge is 1.75. The topological polar surface area (TPSA) is 21.3 Å². The minimum atomic E-state index is 0.803. The standard InChI is InChI=1S/C6H11NO/c1-3-4-5-6-7-8-2/h7H,5-6H2,1-2H3. The van der Waals surface area contributed by atoms with Crippen LogP contribution in [0.25, 0.3) is 0 Å². The van der Waals surface area contributed by atoms with Gasteiger partial charge in [0.05, 0.1) is 7.11 Å². The zero-order valence-electron chi connectivity index (χ0n) is 5.32. The Hall–Kier alpha value is -0.520. The maximum atomic E-state index is 4.57. The van der Waals surface area contributed by atoms with Crippen molar-refractivity contribution >= 4 is 0 Å². The van der Waals surface area contributed by atoms with Gasteiger partial charge in [0.1, 0.15) is 0 Å². The number of nitrogens with one attached hydrogen (secondary N) is 1. The second-order valence-corrected chi connectivity index (χ2v) is 1.28. The van der Waals surface area contributed by atoms with E-state index in [4.69, 9.17) is 0 Å². The molecule has 0 rings (SSSR count). The number of rotatable bonds is 3. The van der Waals surface area contributed by atoms with Crippen LogP contribution in [0.15, 0.2) is 0 Å². The van der Waals surface area contributed by atoms with E-state index in [9.17, 15) is 0 Å². The van der Waals surface area contributed by atoms with E-state index in [1.807, 2.05) is 6.92 Å². The second kappa shape index (κ2) is 6.48. The molecule has 0 aromatic heterocycles. The molecule has 2 nitrogen and oxygen atoms in total. The van der Waals surface area contributed by atoms with Crippen molar-refractivity contribution in [1.82, 2.24) is 5.48 Å². The lowest BCUT2D eigenvalue weighted by molar-refractivity contribution is 0.0937. The van der Waals surface area contributed by atoms with Crippen molar-refractivity contribution in [3.8, 4) is 11.8 Å². The maximum absolute atomic E-state index is 4.57. The smallest absolute Gasteiger partial charge is 0.0572 e. The molecule has 0 bridgehead atoms. The Kier molecular flexibility index (Phi) is 6.06. The van der Waals surface area contributed by atoms with Crippen molar-refractivity contribution in [1.29, 1.82) is 0 Å². The Morgan fingerprint density at radius 3 is 2.88 bits per heavy atom. The molecule has 0 aliphatic carbocycles. The molecule has 0 atom stereocenters. The minimum Gasteiger partial charge on any atom is -0.305 e. The van der Waals surface area contributed by atoms with Crippen LogP contribution in [0, 0.1) is 11.8 Å². The van der Waals surface area contributed by atoms with Gasteiger partial charge < -0.3 is 4.84 Å². The van der Waals surface area contributed by atoms with Gasteiger partial charge >= 0.3 is 0 Å². The van der Waals surface area contributed by atoms with Crippen LogP contribution in [0.2, 0.25) is 0 Å². The molecule has 0 unspecified atom stereocenters. The van der Waals surface area contributed by atoms with E-state index < -0.39 is 0 Å². The fourth-order valence-electron chi connectivity index (χ4n) is 0.341. The quantitative estimate of drug-likeness (QED) is 0.328. The second-order valence-electron chi connectivity index (χ2n) is 1.28. The first-order valence-electron chi connectivity index (χ1n) is 2.57. The molecule has 46 valence electrons. The normalized spacial score (nSPS) is 7.75. The zero-order chi connectivity index (χ0) is 6.24. The summed E-state index contributed by atoms with van der Waals surface area (Å²) in [5.74, 6) is 5.67. The highest BCUT2D eigenvalue weighted by Crippen LogP contribution is 1.69. The average Bonchev–Trinajstić information content (AvgIpc) is 1.81. The third-order valence-corrected chi connectivity index (χ3v) is 0.673. The summed E-state index contributed by atoms with van der Waals surface area (Å²) in [7, 11) is 1.60. The van der Waals surface area contributed by atoms with E-state index in [1.54, 1.807) is 7.11 Å². The molecule has 0 aliphatic heterocycles. The van der Waals surface area contributed by atoms with E-state index >= 15 is 0 Å². The van der Waals surface area contributed by atoms with E-state index in [1.165, 1.54) is 0 Å². The van der Waals surface area contributed by atoms with Crippen molar-refractivity contribution in [3.63, 3.8) is 0 Å². The Morgan fingerprint density at radius 2 is 2.38 bits per heavy atom. The molecule has 0 saturated carbocycles. The van der Waals surface area contributed by atoms with Gasteiger partial charge in [-0.15, -0.1) is 11.8 Å². The largest absolute Gasteiger partial charge is 0.305 e. The van der Waals surface area contributed by atoms with Gasteiger partial charge in [-0.1, -0.05) is 0 Å². The number of hydrogen-bond acceptors (Lipinski definition) is 2. The van der Waals surface area contributed by atoms with Gasteiger partial charge in [0, 0.05) is 13.0 Å². The summed E-state index contributed by atoms with van der Waals surface area (Å²) in [6, 6.07) is 0.